The number of aromatic nitrogens is 3. The van der Waals surface area contributed by atoms with Crippen molar-refractivity contribution in [1.29, 1.82) is 0 Å². The summed E-state index contributed by atoms with van der Waals surface area (Å²) in [6.07, 6.45) is 11.9. The molecule has 1 saturated carbocycles. The van der Waals surface area contributed by atoms with Gasteiger partial charge in [-0.15, -0.1) is 0 Å². The van der Waals surface area contributed by atoms with E-state index in [4.69, 9.17) is 9.40 Å². The molecule has 1 aliphatic rings. The number of furan rings is 1. The van der Waals surface area contributed by atoms with Gasteiger partial charge < -0.3 is 9.73 Å². The first kappa shape index (κ1) is 13.4. The molecule has 4 rings (SSSR count). The maximum Gasteiger partial charge on any atom is 0.157 e. The van der Waals surface area contributed by atoms with Gasteiger partial charge in [0.2, 0.25) is 0 Å². The molecule has 0 atom stereocenters. The quantitative estimate of drug-likeness (QED) is 0.792. The Morgan fingerprint density at radius 1 is 1.23 bits per heavy atom. The van der Waals surface area contributed by atoms with Crippen LogP contribution in [0.4, 0.5) is 5.82 Å². The van der Waals surface area contributed by atoms with Gasteiger partial charge in [0.05, 0.1) is 6.20 Å². The molecule has 0 radical (unpaired) electrons. The largest absolute Gasteiger partial charge is 0.460 e. The fourth-order valence-corrected chi connectivity index (χ4v) is 3.22. The van der Waals surface area contributed by atoms with E-state index in [9.17, 15) is 0 Å². The Bertz CT molecular complexity index is 783. The van der Waals surface area contributed by atoms with E-state index in [1.54, 1.807) is 12.4 Å². The lowest BCUT2D eigenvalue weighted by Gasteiger charge is -2.23. The summed E-state index contributed by atoms with van der Waals surface area (Å²) in [5, 5.41) is 3.69. The third-order valence-corrected chi connectivity index (χ3v) is 4.35. The van der Waals surface area contributed by atoms with Gasteiger partial charge in [-0.05, 0) is 31.9 Å². The second-order valence-electron chi connectivity index (χ2n) is 6.00. The predicted octanol–water partition coefficient (Wildman–Crippen LogP) is 4.04. The highest BCUT2D eigenvalue weighted by atomic mass is 16.3. The first-order valence-corrected chi connectivity index (χ1v) is 7.97. The van der Waals surface area contributed by atoms with Gasteiger partial charge in [0.15, 0.2) is 11.4 Å². The van der Waals surface area contributed by atoms with Gasteiger partial charge in [-0.3, -0.25) is 9.38 Å². The Morgan fingerprint density at radius 3 is 2.86 bits per heavy atom. The van der Waals surface area contributed by atoms with Crippen LogP contribution >= 0.6 is 0 Å². The molecule has 1 aliphatic carbocycles. The highest BCUT2D eigenvalue weighted by Crippen LogP contribution is 2.32. The van der Waals surface area contributed by atoms with Gasteiger partial charge in [0.25, 0.3) is 0 Å². The van der Waals surface area contributed by atoms with Crippen LogP contribution in [-0.2, 0) is 0 Å². The van der Waals surface area contributed by atoms with Crippen LogP contribution in [0.2, 0.25) is 0 Å². The molecule has 5 heteroatoms. The van der Waals surface area contributed by atoms with Crippen molar-refractivity contribution in [2.75, 3.05) is 5.32 Å². The van der Waals surface area contributed by atoms with E-state index in [0.717, 1.165) is 28.7 Å². The number of hydrogen-bond acceptors (Lipinski definition) is 4. The zero-order valence-corrected chi connectivity index (χ0v) is 12.7. The van der Waals surface area contributed by atoms with Crippen LogP contribution in [0.1, 0.15) is 37.9 Å². The van der Waals surface area contributed by atoms with Gasteiger partial charge in [0.1, 0.15) is 17.3 Å². The molecular weight excluding hydrogens is 276 g/mol. The first-order chi connectivity index (χ1) is 10.8. The lowest BCUT2D eigenvalue weighted by molar-refractivity contribution is 0.461. The van der Waals surface area contributed by atoms with Crippen molar-refractivity contribution in [1.82, 2.24) is 14.4 Å². The number of nitrogens with one attached hydrogen (secondary N) is 1. The number of rotatable bonds is 3. The van der Waals surface area contributed by atoms with Crippen LogP contribution in [-0.4, -0.2) is 20.4 Å². The van der Waals surface area contributed by atoms with Crippen molar-refractivity contribution < 1.29 is 4.42 Å². The topological polar surface area (TPSA) is 55.4 Å². The number of fused-ring (bicyclic) bond motifs is 1. The molecule has 3 aromatic rings. The summed E-state index contributed by atoms with van der Waals surface area (Å²) < 4.78 is 7.86. The summed E-state index contributed by atoms with van der Waals surface area (Å²) >= 11 is 0. The van der Waals surface area contributed by atoms with Crippen LogP contribution in [0.15, 0.2) is 35.1 Å². The van der Waals surface area contributed by atoms with E-state index in [0.29, 0.717) is 6.04 Å². The van der Waals surface area contributed by atoms with E-state index in [1.807, 2.05) is 25.3 Å². The normalized spacial score (nSPS) is 16.2. The number of imidazole rings is 1. The smallest absolute Gasteiger partial charge is 0.157 e. The van der Waals surface area contributed by atoms with Crippen LogP contribution in [0.25, 0.3) is 17.1 Å². The van der Waals surface area contributed by atoms with Crippen LogP contribution in [0.3, 0.4) is 0 Å². The van der Waals surface area contributed by atoms with Gasteiger partial charge in [0, 0.05) is 18.4 Å². The summed E-state index contributed by atoms with van der Waals surface area (Å²) in [6, 6.07) is 4.47. The van der Waals surface area contributed by atoms with Crippen molar-refractivity contribution in [2.45, 2.75) is 45.1 Å². The van der Waals surface area contributed by atoms with Crippen molar-refractivity contribution in [2.24, 2.45) is 0 Å². The van der Waals surface area contributed by atoms with E-state index >= 15 is 0 Å². The summed E-state index contributed by atoms with van der Waals surface area (Å²) in [5.74, 6) is 2.71. The zero-order valence-electron chi connectivity index (χ0n) is 12.7. The Balaban J connectivity index is 1.79. The average Bonchev–Trinajstić information content (AvgIpc) is 3.13. The number of aryl methyl sites for hydroxylation is 1. The van der Waals surface area contributed by atoms with E-state index < -0.39 is 0 Å². The van der Waals surface area contributed by atoms with E-state index in [2.05, 4.69) is 14.7 Å². The van der Waals surface area contributed by atoms with Crippen molar-refractivity contribution in [3.05, 3.63) is 36.5 Å². The van der Waals surface area contributed by atoms with Crippen LogP contribution in [0, 0.1) is 6.92 Å². The van der Waals surface area contributed by atoms with Crippen molar-refractivity contribution in [3.63, 3.8) is 0 Å². The molecule has 0 amide bonds. The zero-order chi connectivity index (χ0) is 14.9. The standard InChI is InChI=1S/C17H20N4O/c1-12-7-8-14(22-12)16-17(19-13-5-3-2-4-6-13)21-10-9-18-11-15(21)20-16/h7-11,13,19H,2-6H2,1H3. The second kappa shape index (κ2) is 5.48. The van der Waals surface area contributed by atoms with Crippen LogP contribution < -0.4 is 5.32 Å². The minimum Gasteiger partial charge on any atom is -0.460 e. The maximum atomic E-state index is 5.79. The number of hydrogen-bond donors (Lipinski definition) is 1. The Labute approximate surface area is 129 Å². The molecule has 0 unspecified atom stereocenters. The molecule has 1 fully saturated rings. The summed E-state index contributed by atoms with van der Waals surface area (Å²) in [5.41, 5.74) is 1.71. The third-order valence-electron chi connectivity index (χ3n) is 4.35. The predicted molar refractivity (Wildman–Crippen MR) is 85.9 cm³/mol. The fourth-order valence-electron chi connectivity index (χ4n) is 3.22. The molecule has 0 bridgehead atoms. The molecule has 22 heavy (non-hydrogen) atoms. The average molecular weight is 296 g/mol. The summed E-state index contributed by atoms with van der Waals surface area (Å²) in [4.78, 5) is 8.88. The molecule has 0 saturated heterocycles. The molecule has 5 nitrogen and oxygen atoms in total. The lowest BCUT2D eigenvalue weighted by Crippen LogP contribution is -2.23. The van der Waals surface area contributed by atoms with Gasteiger partial charge in [-0.1, -0.05) is 19.3 Å². The monoisotopic (exact) mass is 296 g/mol. The molecule has 3 aromatic heterocycles. The van der Waals surface area contributed by atoms with Gasteiger partial charge in [-0.2, -0.15) is 0 Å². The summed E-state index contributed by atoms with van der Waals surface area (Å²) in [7, 11) is 0. The van der Waals surface area contributed by atoms with E-state index in [-0.39, 0.29) is 0 Å². The summed E-state index contributed by atoms with van der Waals surface area (Å²) in [6.45, 7) is 1.95. The van der Waals surface area contributed by atoms with Crippen molar-refractivity contribution >= 4 is 11.5 Å². The SMILES string of the molecule is Cc1ccc(-c2nc3cnccn3c2NC2CCCCC2)o1. The Hall–Kier alpha value is -2.30. The molecule has 0 spiro atoms. The van der Waals surface area contributed by atoms with Crippen LogP contribution in [0.5, 0.6) is 0 Å². The fraction of sp³-hybridized carbons (Fsp3) is 0.412. The lowest BCUT2D eigenvalue weighted by atomic mass is 9.95. The highest BCUT2D eigenvalue weighted by molar-refractivity contribution is 5.73. The molecule has 3 heterocycles. The van der Waals surface area contributed by atoms with Crippen molar-refractivity contribution in [3.8, 4) is 11.5 Å². The molecule has 114 valence electrons. The number of nitrogens with zero attached hydrogens (tertiary/aromatic N) is 3. The molecule has 0 aromatic carbocycles. The third kappa shape index (κ3) is 2.36. The second-order valence-corrected chi connectivity index (χ2v) is 6.00. The first-order valence-electron chi connectivity index (χ1n) is 7.97. The highest BCUT2D eigenvalue weighted by Gasteiger charge is 2.21. The number of anilines is 1. The minimum absolute atomic E-state index is 0.511. The molecule has 1 N–H and O–H groups in total. The van der Waals surface area contributed by atoms with Gasteiger partial charge in [-0.25, -0.2) is 4.98 Å². The Morgan fingerprint density at radius 2 is 2.09 bits per heavy atom. The van der Waals surface area contributed by atoms with Gasteiger partial charge >= 0.3 is 0 Å². The molecular formula is C17H20N4O. The van der Waals surface area contributed by atoms with E-state index in [1.165, 1.54) is 32.1 Å². The molecule has 0 aliphatic heterocycles. The minimum atomic E-state index is 0.511. The Kier molecular flexibility index (Phi) is 3.33. The maximum absolute atomic E-state index is 5.79.